The minimum Gasteiger partial charge on any atom is -0.475 e. The van der Waals surface area contributed by atoms with Gasteiger partial charge in [0.05, 0.1) is 0 Å². The van der Waals surface area contributed by atoms with Crippen molar-refractivity contribution in [1.29, 1.82) is 0 Å². The van der Waals surface area contributed by atoms with Crippen molar-refractivity contribution in [3.8, 4) is 0 Å². The molecule has 2 rings (SSSR count). The molecule has 0 unspecified atom stereocenters. The van der Waals surface area contributed by atoms with Gasteiger partial charge in [0.1, 0.15) is 5.76 Å². The fraction of sp³-hybridized carbons (Fsp3) is 0.444. The smallest absolute Gasteiger partial charge is 0.371 e. The largest absolute Gasteiger partial charge is 0.475 e. The molecule has 64 valence electrons. The van der Waals surface area contributed by atoms with Crippen LogP contribution in [0.1, 0.15) is 35.6 Å². The normalized spacial score (nSPS) is 27.1. The van der Waals surface area contributed by atoms with E-state index in [2.05, 4.69) is 6.92 Å². The average molecular weight is 166 g/mol. The van der Waals surface area contributed by atoms with Crippen LogP contribution in [-0.4, -0.2) is 11.1 Å². The molecule has 1 aromatic rings. The summed E-state index contributed by atoms with van der Waals surface area (Å²) in [5.41, 5.74) is 0. The van der Waals surface area contributed by atoms with Crippen molar-refractivity contribution >= 4 is 5.97 Å². The molecule has 0 aromatic carbocycles. The summed E-state index contributed by atoms with van der Waals surface area (Å²) < 4.78 is 5.14. The maximum atomic E-state index is 10.4. The van der Waals surface area contributed by atoms with E-state index in [0.717, 1.165) is 12.2 Å². The van der Waals surface area contributed by atoms with Crippen LogP contribution < -0.4 is 0 Å². The predicted molar refractivity (Wildman–Crippen MR) is 42.2 cm³/mol. The first kappa shape index (κ1) is 7.40. The molecular formula is C9H10O3. The van der Waals surface area contributed by atoms with Crippen molar-refractivity contribution in [3.05, 3.63) is 23.7 Å². The number of furan rings is 1. The maximum Gasteiger partial charge on any atom is 0.371 e. The van der Waals surface area contributed by atoms with E-state index in [1.54, 1.807) is 6.07 Å². The Labute approximate surface area is 70.0 Å². The van der Waals surface area contributed by atoms with Gasteiger partial charge in [0, 0.05) is 5.92 Å². The number of carboxylic acid groups (broad SMARTS) is 1. The standard InChI is InChI=1S/C9H10O3/c1-5-4-6(5)7-2-3-8(12-7)9(10)11/h2-3,5-6H,4H2,1H3,(H,10,11)/t5-,6+/m0/s1. The summed E-state index contributed by atoms with van der Waals surface area (Å²) in [7, 11) is 0. The summed E-state index contributed by atoms with van der Waals surface area (Å²) in [4.78, 5) is 10.4. The Morgan fingerprint density at radius 2 is 2.33 bits per heavy atom. The Balaban J connectivity index is 2.19. The molecule has 0 radical (unpaired) electrons. The lowest BCUT2D eigenvalue weighted by Gasteiger charge is -1.89. The number of hydrogen-bond donors (Lipinski definition) is 1. The molecule has 2 atom stereocenters. The highest BCUT2D eigenvalue weighted by Gasteiger charge is 2.36. The molecule has 1 aromatic heterocycles. The van der Waals surface area contributed by atoms with E-state index >= 15 is 0 Å². The monoisotopic (exact) mass is 166 g/mol. The van der Waals surface area contributed by atoms with Gasteiger partial charge in [-0.15, -0.1) is 0 Å². The van der Waals surface area contributed by atoms with Crippen LogP contribution in [0.5, 0.6) is 0 Å². The van der Waals surface area contributed by atoms with Gasteiger partial charge in [-0.3, -0.25) is 0 Å². The van der Waals surface area contributed by atoms with Crippen molar-refractivity contribution in [1.82, 2.24) is 0 Å². The number of carbonyl (C=O) groups is 1. The molecule has 0 aliphatic heterocycles. The molecule has 1 aliphatic rings. The lowest BCUT2D eigenvalue weighted by molar-refractivity contribution is 0.0660. The highest BCUT2D eigenvalue weighted by molar-refractivity contribution is 5.84. The van der Waals surface area contributed by atoms with Gasteiger partial charge in [0.15, 0.2) is 0 Å². The van der Waals surface area contributed by atoms with E-state index in [-0.39, 0.29) is 5.76 Å². The van der Waals surface area contributed by atoms with E-state index in [4.69, 9.17) is 9.52 Å². The fourth-order valence-corrected chi connectivity index (χ4v) is 1.39. The molecule has 12 heavy (non-hydrogen) atoms. The molecular weight excluding hydrogens is 156 g/mol. The SMILES string of the molecule is C[C@H]1C[C@H]1c1ccc(C(=O)O)o1. The van der Waals surface area contributed by atoms with Gasteiger partial charge in [0.25, 0.3) is 0 Å². The van der Waals surface area contributed by atoms with Crippen LogP contribution in [0.25, 0.3) is 0 Å². The van der Waals surface area contributed by atoms with Crippen molar-refractivity contribution in [2.75, 3.05) is 0 Å². The van der Waals surface area contributed by atoms with E-state index in [1.807, 2.05) is 0 Å². The summed E-state index contributed by atoms with van der Waals surface area (Å²) >= 11 is 0. The van der Waals surface area contributed by atoms with Crippen molar-refractivity contribution < 1.29 is 14.3 Å². The minimum absolute atomic E-state index is 0.0455. The third kappa shape index (κ3) is 1.11. The molecule has 1 fully saturated rings. The summed E-state index contributed by atoms with van der Waals surface area (Å²) in [6.07, 6.45) is 1.12. The number of rotatable bonds is 2. The zero-order valence-corrected chi connectivity index (χ0v) is 6.78. The van der Waals surface area contributed by atoms with Crippen LogP contribution in [0.3, 0.4) is 0 Å². The highest BCUT2D eigenvalue weighted by Crippen LogP contribution is 2.47. The Bertz CT molecular complexity index is 313. The molecule has 1 heterocycles. The zero-order chi connectivity index (χ0) is 8.72. The van der Waals surface area contributed by atoms with Gasteiger partial charge in [-0.05, 0) is 24.5 Å². The van der Waals surface area contributed by atoms with Crippen molar-refractivity contribution in [2.24, 2.45) is 5.92 Å². The molecule has 0 amide bonds. The van der Waals surface area contributed by atoms with Crippen LogP contribution in [0.15, 0.2) is 16.5 Å². The second-order valence-electron chi connectivity index (χ2n) is 3.33. The lowest BCUT2D eigenvalue weighted by Crippen LogP contribution is -1.91. The van der Waals surface area contributed by atoms with E-state index in [0.29, 0.717) is 11.8 Å². The summed E-state index contributed by atoms with van der Waals surface area (Å²) in [6, 6.07) is 3.28. The van der Waals surface area contributed by atoms with Gasteiger partial charge in [-0.1, -0.05) is 6.92 Å². The first-order valence-corrected chi connectivity index (χ1v) is 4.01. The Morgan fingerprint density at radius 1 is 1.67 bits per heavy atom. The third-order valence-electron chi connectivity index (χ3n) is 2.31. The average Bonchev–Trinajstić information content (AvgIpc) is 2.59. The molecule has 1 aliphatic carbocycles. The van der Waals surface area contributed by atoms with Gasteiger partial charge in [-0.25, -0.2) is 4.79 Å². The number of carboxylic acids is 1. The number of aromatic carboxylic acids is 1. The molecule has 0 saturated heterocycles. The zero-order valence-electron chi connectivity index (χ0n) is 6.78. The summed E-state index contributed by atoms with van der Waals surface area (Å²) in [5.74, 6) is 0.981. The quantitative estimate of drug-likeness (QED) is 0.731. The maximum absolute atomic E-state index is 10.4. The molecule has 1 saturated carbocycles. The molecule has 0 bridgehead atoms. The van der Waals surface area contributed by atoms with Crippen LogP contribution in [0, 0.1) is 5.92 Å². The third-order valence-corrected chi connectivity index (χ3v) is 2.31. The number of hydrogen-bond acceptors (Lipinski definition) is 2. The molecule has 0 spiro atoms. The van der Waals surface area contributed by atoms with Crippen molar-refractivity contribution in [3.63, 3.8) is 0 Å². The summed E-state index contributed by atoms with van der Waals surface area (Å²) in [6.45, 7) is 2.13. The second kappa shape index (κ2) is 2.37. The van der Waals surface area contributed by atoms with Crippen LogP contribution in [0.4, 0.5) is 0 Å². The van der Waals surface area contributed by atoms with Crippen LogP contribution in [-0.2, 0) is 0 Å². The first-order chi connectivity index (χ1) is 5.68. The minimum atomic E-state index is -0.991. The molecule has 3 nitrogen and oxygen atoms in total. The lowest BCUT2D eigenvalue weighted by atomic mass is 10.3. The van der Waals surface area contributed by atoms with Crippen LogP contribution in [0.2, 0.25) is 0 Å². The van der Waals surface area contributed by atoms with Gasteiger partial charge in [-0.2, -0.15) is 0 Å². The van der Waals surface area contributed by atoms with Gasteiger partial charge >= 0.3 is 5.97 Å². The van der Waals surface area contributed by atoms with Crippen molar-refractivity contribution in [2.45, 2.75) is 19.3 Å². The van der Waals surface area contributed by atoms with Gasteiger partial charge < -0.3 is 9.52 Å². The van der Waals surface area contributed by atoms with E-state index < -0.39 is 5.97 Å². The Kier molecular flexibility index (Phi) is 1.46. The Morgan fingerprint density at radius 3 is 2.75 bits per heavy atom. The highest BCUT2D eigenvalue weighted by atomic mass is 16.4. The first-order valence-electron chi connectivity index (χ1n) is 4.01. The fourth-order valence-electron chi connectivity index (χ4n) is 1.39. The summed E-state index contributed by atoms with van der Waals surface area (Å²) in [5, 5.41) is 8.57. The molecule has 1 N–H and O–H groups in total. The van der Waals surface area contributed by atoms with Crippen LogP contribution >= 0.6 is 0 Å². The second-order valence-corrected chi connectivity index (χ2v) is 3.33. The predicted octanol–water partition coefficient (Wildman–Crippen LogP) is 2.10. The molecule has 3 heteroatoms. The Hall–Kier alpha value is -1.25. The van der Waals surface area contributed by atoms with E-state index in [9.17, 15) is 4.79 Å². The van der Waals surface area contributed by atoms with E-state index in [1.165, 1.54) is 6.07 Å². The van der Waals surface area contributed by atoms with Gasteiger partial charge in [0.2, 0.25) is 5.76 Å². The topological polar surface area (TPSA) is 50.4 Å².